The van der Waals surface area contributed by atoms with E-state index < -0.39 is 10.2 Å². The van der Waals surface area contributed by atoms with Crippen LogP contribution in [0.4, 0.5) is 0 Å². The summed E-state index contributed by atoms with van der Waals surface area (Å²) in [5.41, 5.74) is 0. The molecule has 3 unspecified atom stereocenters. The summed E-state index contributed by atoms with van der Waals surface area (Å²) in [5, 5.41) is 3.31. The normalized spacial score (nSPS) is 33.6. The van der Waals surface area contributed by atoms with Crippen LogP contribution in [0.25, 0.3) is 0 Å². The molecule has 1 aliphatic carbocycles. The lowest BCUT2D eigenvalue weighted by atomic mass is 10.00. The van der Waals surface area contributed by atoms with Crippen LogP contribution in [0.2, 0.25) is 0 Å². The lowest BCUT2D eigenvalue weighted by Gasteiger charge is -2.32. The first-order chi connectivity index (χ1) is 8.53. The van der Waals surface area contributed by atoms with Crippen LogP contribution < -0.4 is 10.0 Å². The fourth-order valence-corrected chi connectivity index (χ4v) is 4.15. The highest BCUT2D eigenvalue weighted by atomic mass is 32.2. The molecule has 1 saturated heterocycles. The van der Waals surface area contributed by atoms with Crippen LogP contribution in [0.3, 0.4) is 0 Å². The van der Waals surface area contributed by atoms with Gasteiger partial charge in [0.05, 0.1) is 0 Å². The average molecular weight is 275 g/mol. The maximum atomic E-state index is 12.2. The molecular weight excluding hydrogens is 250 g/mol. The average Bonchev–Trinajstić information content (AvgIpc) is 3.02. The smallest absolute Gasteiger partial charge is 0.279 e. The van der Waals surface area contributed by atoms with Crippen molar-refractivity contribution in [3.63, 3.8) is 0 Å². The van der Waals surface area contributed by atoms with Crippen LogP contribution in [0.1, 0.15) is 33.1 Å². The van der Waals surface area contributed by atoms with Gasteiger partial charge in [-0.05, 0) is 44.2 Å². The Morgan fingerprint density at radius 3 is 2.72 bits per heavy atom. The topological polar surface area (TPSA) is 61.4 Å². The third kappa shape index (κ3) is 3.66. The molecule has 0 radical (unpaired) electrons. The van der Waals surface area contributed by atoms with E-state index >= 15 is 0 Å². The number of hydrogen-bond donors (Lipinski definition) is 2. The van der Waals surface area contributed by atoms with Gasteiger partial charge < -0.3 is 5.32 Å². The first kappa shape index (κ1) is 14.2. The third-order valence-electron chi connectivity index (χ3n) is 3.91. The quantitative estimate of drug-likeness (QED) is 0.744. The fourth-order valence-electron chi connectivity index (χ4n) is 2.51. The predicted molar refractivity (Wildman–Crippen MR) is 72.5 cm³/mol. The van der Waals surface area contributed by atoms with Crippen LogP contribution >= 0.6 is 0 Å². The Hall–Kier alpha value is -0.170. The summed E-state index contributed by atoms with van der Waals surface area (Å²) in [6, 6.07) is 0.171. The van der Waals surface area contributed by atoms with Gasteiger partial charge in [-0.2, -0.15) is 17.4 Å². The van der Waals surface area contributed by atoms with E-state index in [1.165, 1.54) is 0 Å². The first-order valence-electron chi connectivity index (χ1n) is 7.01. The van der Waals surface area contributed by atoms with Gasteiger partial charge >= 0.3 is 0 Å². The zero-order chi connectivity index (χ0) is 13.2. The van der Waals surface area contributed by atoms with Gasteiger partial charge in [0, 0.05) is 19.1 Å². The Bertz CT molecular complexity index is 372. The second kappa shape index (κ2) is 5.86. The number of rotatable bonds is 6. The van der Waals surface area contributed by atoms with Gasteiger partial charge in [0.2, 0.25) is 0 Å². The number of piperidine rings is 1. The molecular formula is C12H25N3O2S. The van der Waals surface area contributed by atoms with E-state index in [1.54, 1.807) is 4.31 Å². The van der Waals surface area contributed by atoms with Crippen LogP contribution in [-0.4, -0.2) is 44.9 Å². The Labute approximate surface area is 110 Å². The second-order valence-corrected chi connectivity index (χ2v) is 7.32. The molecule has 2 aliphatic rings. The van der Waals surface area contributed by atoms with E-state index in [4.69, 9.17) is 0 Å². The standard InChI is InChI=1S/C12H25N3O2S/c1-3-13-8-11-5-4-6-15(9-11)18(16,17)14-12-7-10(12)2/h10-14H,3-9H2,1-2H3. The minimum Gasteiger partial charge on any atom is -0.317 e. The van der Waals surface area contributed by atoms with Gasteiger partial charge in [0.15, 0.2) is 0 Å². The van der Waals surface area contributed by atoms with Crippen LogP contribution in [0.5, 0.6) is 0 Å². The third-order valence-corrected chi connectivity index (χ3v) is 5.53. The predicted octanol–water partition coefficient (Wildman–Crippen LogP) is 0.551. The summed E-state index contributed by atoms with van der Waals surface area (Å²) in [6.07, 6.45) is 3.07. The minimum absolute atomic E-state index is 0.171. The molecule has 5 nitrogen and oxygen atoms in total. The summed E-state index contributed by atoms with van der Waals surface area (Å²) in [5.74, 6) is 0.953. The summed E-state index contributed by atoms with van der Waals surface area (Å²) in [7, 11) is -3.26. The number of nitrogens with zero attached hydrogens (tertiary/aromatic N) is 1. The van der Waals surface area contributed by atoms with Crippen molar-refractivity contribution < 1.29 is 8.42 Å². The molecule has 2 N–H and O–H groups in total. The molecule has 3 atom stereocenters. The van der Waals surface area contributed by atoms with Crippen molar-refractivity contribution in [3.8, 4) is 0 Å². The van der Waals surface area contributed by atoms with Crippen molar-refractivity contribution in [1.82, 2.24) is 14.3 Å². The minimum atomic E-state index is -3.26. The van der Waals surface area contributed by atoms with Crippen LogP contribution in [0, 0.1) is 11.8 Å². The molecule has 1 heterocycles. The van der Waals surface area contributed by atoms with E-state index in [9.17, 15) is 8.42 Å². The summed E-state index contributed by atoms with van der Waals surface area (Å²) < 4.78 is 28.8. The molecule has 0 aromatic carbocycles. The highest BCUT2D eigenvalue weighted by Crippen LogP contribution is 2.30. The molecule has 106 valence electrons. The fraction of sp³-hybridized carbons (Fsp3) is 1.00. The summed E-state index contributed by atoms with van der Waals surface area (Å²) in [4.78, 5) is 0. The molecule has 2 rings (SSSR count). The highest BCUT2D eigenvalue weighted by Gasteiger charge is 2.38. The molecule has 0 aromatic heterocycles. The molecule has 1 saturated carbocycles. The monoisotopic (exact) mass is 275 g/mol. The van der Waals surface area contributed by atoms with Gasteiger partial charge in [-0.25, -0.2) is 0 Å². The largest absolute Gasteiger partial charge is 0.317 e. The van der Waals surface area contributed by atoms with Gasteiger partial charge in [-0.1, -0.05) is 13.8 Å². The molecule has 6 heteroatoms. The molecule has 1 aliphatic heterocycles. The van der Waals surface area contributed by atoms with Crippen molar-refractivity contribution in [3.05, 3.63) is 0 Å². The first-order valence-corrected chi connectivity index (χ1v) is 8.45. The molecule has 0 aromatic rings. The van der Waals surface area contributed by atoms with E-state index in [2.05, 4.69) is 23.9 Å². The van der Waals surface area contributed by atoms with E-state index in [1.807, 2.05) is 0 Å². The van der Waals surface area contributed by atoms with E-state index in [-0.39, 0.29) is 6.04 Å². The SMILES string of the molecule is CCNCC1CCCN(S(=O)(=O)NC2CC2C)C1. The van der Waals surface area contributed by atoms with Crippen molar-refractivity contribution in [1.29, 1.82) is 0 Å². The molecule has 0 bridgehead atoms. The molecule has 0 spiro atoms. The van der Waals surface area contributed by atoms with Crippen molar-refractivity contribution in [2.24, 2.45) is 11.8 Å². The lowest BCUT2D eigenvalue weighted by Crippen LogP contribution is -2.48. The highest BCUT2D eigenvalue weighted by molar-refractivity contribution is 7.87. The maximum Gasteiger partial charge on any atom is 0.279 e. The number of nitrogens with one attached hydrogen (secondary N) is 2. The second-order valence-electron chi connectivity index (χ2n) is 5.62. The van der Waals surface area contributed by atoms with Crippen molar-refractivity contribution >= 4 is 10.2 Å². The van der Waals surface area contributed by atoms with Gasteiger partial charge in [-0.3, -0.25) is 0 Å². The van der Waals surface area contributed by atoms with Crippen LogP contribution in [-0.2, 0) is 10.2 Å². The lowest BCUT2D eigenvalue weighted by molar-refractivity contribution is 0.258. The van der Waals surface area contributed by atoms with Gasteiger partial charge in [0.1, 0.15) is 0 Å². The number of hydrogen-bond acceptors (Lipinski definition) is 3. The van der Waals surface area contributed by atoms with Crippen molar-refractivity contribution in [2.75, 3.05) is 26.2 Å². The summed E-state index contributed by atoms with van der Waals surface area (Å²) >= 11 is 0. The Kier molecular flexibility index (Phi) is 4.64. The van der Waals surface area contributed by atoms with E-state index in [0.29, 0.717) is 24.9 Å². The van der Waals surface area contributed by atoms with Gasteiger partial charge in [-0.15, -0.1) is 0 Å². The Morgan fingerprint density at radius 1 is 1.39 bits per heavy atom. The summed E-state index contributed by atoms with van der Waals surface area (Å²) in [6.45, 7) is 7.34. The Balaban J connectivity index is 1.87. The molecule has 2 fully saturated rings. The molecule has 0 amide bonds. The van der Waals surface area contributed by atoms with Crippen molar-refractivity contribution in [2.45, 2.75) is 39.2 Å². The maximum absolute atomic E-state index is 12.2. The molecule has 18 heavy (non-hydrogen) atoms. The van der Waals surface area contributed by atoms with E-state index in [0.717, 1.165) is 32.4 Å². The Morgan fingerprint density at radius 2 is 2.11 bits per heavy atom. The zero-order valence-corrected chi connectivity index (χ0v) is 12.2. The van der Waals surface area contributed by atoms with Crippen LogP contribution in [0.15, 0.2) is 0 Å². The zero-order valence-electron chi connectivity index (χ0n) is 11.4. The van der Waals surface area contributed by atoms with Gasteiger partial charge in [0.25, 0.3) is 10.2 Å².